The number of imide groups is 1. The summed E-state index contributed by atoms with van der Waals surface area (Å²) in [6, 6.07) is 25.5. The summed E-state index contributed by atoms with van der Waals surface area (Å²) in [5.74, 6) is -2.52. The van der Waals surface area contributed by atoms with Gasteiger partial charge in [-0.1, -0.05) is 66.7 Å². The van der Waals surface area contributed by atoms with E-state index in [0.717, 1.165) is 10.8 Å². The molecule has 7 nitrogen and oxygen atoms in total. The van der Waals surface area contributed by atoms with Gasteiger partial charge in [-0.25, -0.2) is 4.90 Å². The number of hydrogen-bond donors (Lipinski definition) is 0. The van der Waals surface area contributed by atoms with Crippen molar-refractivity contribution in [2.45, 2.75) is 12.1 Å². The first-order valence-electron chi connectivity index (χ1n) is 13.9. The van der Waals surface area contributed by atoms with Crippen LogP contribution in [0.15, 0.2) is 119 Å². The molecule has 8 heteroatoms. The Bertz CT molecular complexity index is 1900. The second-order valence-electron chi connectivity index (χ2n) is 10.8. The Hall–Kier alpha value is -4.82. The van der Waals surface area contributed by atoms with Crippen molar-refractivity contribution in [1.29, 1.82) is 0 Å². The minimum atomic E-state index is -0.946. The average molecular weight is 633 g/mol. The van der Waals surface area contributed by atoms with Gasteiger partial charge in [-0.05, 0) is 63.1 Å². The van der Waals surface area contributed by atoms with E-state index in [4.69, 9.17) is 4.74 Å². The van der Waals surface area contributed by atoms with E-state index in [-0.39, 0.29) is 17.5 Å². The van der Waals surface area contributed by atoms with E-state index in [2.05, 4.69) is 15.9 Å². The second kappa shape index (κ2) is 10.5. The number of benzene rings is 4. The first-order valence-corrected chi connectivity index (χ1v) is 14.7. The lowest BCUT2D eigenvalue weighted by atomic mass is 9.85. The number of anilines is 1. The normalized spacial score (nSPS) is 22.4. The fraction of sp³-hybridized carbons (Fsp3) is 0.143. The minimum absolute atomic E-state index is 0.190. The number of ketones is 2. The third-order valence-electron chi connectivity index (χ3n) is 8.54. The molecule has 0 aromatic heterocycles. The Balaban J connectivity index is 1.32. The van der Waals surface area contributed by atoms with Crippen LogP contribution in [0.1, 0.15) is 20.7 Å². The zero-order valence-corrected chi connectivity index (χ0v) is 24.6. The van der Waals surface area contributed by atoms with Gasteiger partial charge < -0.3 is 9.64 Å². The average Bonchev–Trinajstić information content (AvgIpc) is 3.51. The molecule has 0 bridgehead atoms. The van der Waals surface area contributed by atoms with Crippen LogP contribution in [0.25, 0.3) is 10.8 Å². The number of rotatable bonds is 6. The van der Waals surface area contributed by atoms with Crippen LogP contribution in [0, 0.1) is 11.8 Å². The Morgan fingerprint density at radius 2 is 1.51 bits per heavy atom. The van der Waals surface area contributed by atoms with E-state index in [0.29, 0.717) is 32.6 Å². The molecular formula is C35H25BrN2O5. The van der Waals surface area contributed by atoms with Gasteiger partial charge in [0.25, 0.3) is 0 Å². The lowest BCUT2D eigenvalue weighted by Gasteiger charge is -2.33. The molecule has 4 atom stereocenters. The van der Waals surface area contributed by atoms with Crippen LogP contribution >= 0.6 is 15.9 Å². The van der Waals surface area contributed by atoms with Crippen molar-refractivity contribution in [1.82, 2.24) is 4.90 Å². The maximum absolute atomic E-state index is 14.2. The van der Waals surface area contributed by atoms with Crippen molar-refractivity contribution in [3.05, 3.63) is 131 Å². The monoisotopic (exact) mass is 632 g/mol. The van der Waals surface area contributed by atoms with Crippen LogP contribution < -0.4 is 9.64 Å². The van der Waals surface area contributed by atoms with E-state index in [1.165, 1.54) is 12.0 Å². The van der Waals surface area contributed by atoms with Crippen LogP contribution in [0.4, 0.5) is 5.69 Å². The van der Waals surface area contributed by atoms with Crippen LogP contribution in [-0.2, 0) is 9.59 Å². The highest BCUT2D eigenvalue weighted by Crippen LogP contribution is 2.47. The van der Waals surface area contributed by atoms with Crippen molar-refractivity contribution in [3.63, 3.8) is 0 Å². The van der Waals surface area contributed by atoms with Gasteiger partial charge >= 0.3 is 0 Å². The molecule has 7 rings (SSSR count). The van der Waals surface area contributed by atoms with Gasteiger partial charge in [-0.3, -0.25) is 19.2 Å². The first kappa shape index (κ1) is 27.0. The zero-order valence-electron chi connectivity index (χ0n) is 23.0. The lowest BCUT2D eigenvalue weighted by Crippen LogP contribution is -2.46. The van der Waals surface area contributed by atoms with E-state index in [1.54, 1.807) is 71.8 Å². The third kappa shape index (κ3) is 4.32. The Kier molecular flexibility index (Phi) is 6.58. The second-order valence-corrected chi connectivity index (χ2v) is 11.7. The van der Waals surface area contributed by atoms with E-state index in [1.807, 2.05) is 42.5 Å². The quantitative estimate of drug-likeness (QED) is 0.192. The van der Waals surface area contributed by atoms with Gasteiger partial charge in [-0.2, -0.15) is 0 Å². The molecule has 2 fully saturated rings. The van der Waals surface area contributed by atoms with Gasteiger partial charge in [0.15, 0.2) is 11.6 Å². The van der Waals surface area contributed by atoms with Crippen LogP contribution in [-0.4, -0.2) is 47.5 Å². The fourth-order valence-corrected chi connectivity index (χ4v) is 7.06. The molecular weight excluding hydrogens is 608 g/mol. The smallest absolute Gasteiger partial charge is 0.240 e. The topological polar surface area (TPSA) is 84.0 Å². The zero-order chi connectivity index (χ0) is 29.8. The minimum Gasteiger partial charge on any atom is -0.496 e. The fourth-order valence-electron chi connectivity index (χ4n) is 6.51. The van der Waals surface area contributed by atoms with Gasteiger partial charge in [0.2, 0.25) is 11.8 Å². The highest BCUT2D eigenvalue weighted by Gasteiger charge is 2.63. The SMILES string of the molecule is COc1ccc(C(=O)[C@@H]2[C@@H]3C(=O)N(c4ccc5ccccc5c4)C(=O)[C@H]3[C@@H]3C=C(C(=O)c4ccccc4)C=CN23)cc1Br. The van der Waals surface area contributed by atoms with E-state index < -0.39 is 29.8 Å². The maximum Gasteiger partial charge on any atom is 0.240 e. The van der Waals surface area contributed by atoms with Crippen molar-refractivity contribution in [3.8, 4) is 5.75 Å². The summed E-state index contributed by atoms with van der Waals surface area (Å²) >= 11 is 3.46. The first-order chi connectivity index (χ1) is 20.9. The Morgan fingerprint density at radius 1 is 0.791 bits per heavy atom. The summed E-state index contributed by atoms with van der Waals surface area (Å²) in [6.45, 7) is 0. The highest BCUT2D eigenvalue weighted by atomic mass is 79.9. The number of ether oxygens (including phenoxy) is 1. The van der Waals surface area contributed by atoms with Gasteiger partial charge in [0, 0.05) is 22.9 Å². The number of fused-ring (bicyclic) bond motifs is 4. The molecule has 0 N–H and O–H groups in total. The predicted octanol–water partition coefficient (Wildman–Crippen LogP) is 5.99. The molecule has 0 aliphatic carbocycles. The van der Waals surface area contributed by atoms with Crippen molar-refractivity contribution < 1.29 is 23.9 Å². The van der Waals surface area contributed by atoms with E-state index in [9.17, 15) is 19.2 Å². The molecule has 212 valence electrons. The standard InChI is InChI=1S/C35H25BrN2O5/c1-43-28-14-12-23(18-26(28)36)33(40)31-30-29(27-19-24(15-16-37(27)31)32(39)21-8-3-2-4-9-21)34(41)38(35(30)42)25-13-11-20-7-5-6-10-22(20)17-25/h2-19,27,29-31H,1H3/t27-,29-,30+,31-/m0/s1. The Morgan fingerprint density at radius 3 is 2.26 bits per heavy atom. The number of amides is 2. The van der Waals surface area contributed by atoms with Gasteiger partial charge in [-0.15, -0.1) is 0 Å². The molecule has 2 saturated heterocycles. The molecule has 0 spiro atoms. The molecule has 4 aromatic rings. The summed E-state index contributed by atoms with van der Waals surface area (Å²) in [5.41, 5.74) is 1.77. The molecule has 2 amide bonds. The predicted molar refractivity (Wildman–Crippen MR) is 166 cm³/mol. The number of Topliss-reactive ketones (excluding diaryl/α,β-unsaturated/α-hetero) is 2. The number of nitrogens with zero attached hydrogens (tertiary/aromatic N) is 2. The number of allylic oxidation sites excluding steroid dienone is 2. The highest BCUT2D eigenvalue weighted by molar-refractivity contribution is 9.10. The summed E-state index contributed by atoms with van der Waals surface area (Å²) in [7, 11) is 1.54. The molecule has 4 aromatic carbocycles. The largest absolute Gasteiger partial charge is 0.496 e. The van der Waals surface area contributed by atoms with Gasteiger partial charge in [0.05, 0.1) is 35.1 Å². The van der Waals surface area contributed by atoms with Crippen LogP contribution in [0.2, 0.25) is 0 Å². The van der Waals surface area contributed by atoms with Crippen LogP contribution in [0.5, 0.6) is 5.75 Å². The summed E-state index contributed by atoms with van der Waals surface area (Å²) in [6.07, 6.45) is 5.08. The van der Waals surface area contributed by atoms with Crippen molar-refractivity contribution in [2.75, 3.05) is 12.0 Å². The molecule has 3 heterocycles. The number of halogens is 1. The van der Waals surface area contributed by atoms with Gasteiger partial charge in [0.1, 0.15) is 11.8 Å². The summed E-state index contributed by atoms with van der Waals surface area (Å²) in [5, 5.41) is 1.88. The van der Waals surface area contributed by atoms with Crippen molar-refractivity contribution >= 4 is 55.8 Å². The van der Waals surface area contributed by atoms with E-state index >= 15 is 0 Å². The molecule has 0 radical (unpaired) electrons. The molecule has 0 unspecified atom stereocenters. The Labute approximate surface area is 256 Å². The molecule has 43 heavy (non-hydrogen) atoms. The van der Waals surface area contributed by atoms with Crippen molar-refractivity contribution in [2.24, 2.45) is 11.8 Å². The number of carbonyl (C=O) groups excluding carboxylic acids is 4. The number of hydrogen-bond acceptors (Lipinski definition) is 6. The molecule has 0 saturated carbocycles. The number of carbonyl (C=O) groups is 4. The lowest BCUT2D eigenvalue weighted by molar-refractivity contribution is -0.123. The molecule has 3 aliphatic heterocycles. The summed E-state index contributed by atoms with van der Waals surface area (Å²) in [4.78, 5) is 59.0. The summed E-state index contributed by atoms with van der Waals surface area (Å²) < 4.78 is 5.93. The third-order valence-corrected chi connectivity index (χ3v) is 9.16. The van der Waals surface area contributed by atoms with Crippen LogP contribution in [0.3, 0.4) is 0 Å². The molecule has 3 aliphatic rings. The number of methoxy groups -OCH3 is 1. The maximum atomic E-state index is 14.2.